The van der Waals surface area contributed by atoms with Crippen LogP contribution in [0.15, 0.2) is 28.8 Å². The lowest BCUT2D eigenvalue weighted by molar-refractivity contribution is -0.115. The van der Waals surface area contributed by atoms with Crippen molar-refractivity contribution in [1.29, 1.82) is 0 Å². The predicted molar refractivity (Wildman–Crippen MR) is 114 cm³/mol. The first kappa shape index (κ1) is 22.8. The van der Waals surface area contributed by atoms with Crippen molar-refractivity contribution in [2.45, 2.75) is 32.4 Å². The summed E-state index contributed by atoms with van der Waals surface area (Å²) in [6.45, 7) is 5.88. The van der Waals surface area contributed by atoms with E-state index in [0.29, 0.717) is 34.4 Å². The van der Waals surface area contributed by atoms with Crippen molar-refractivity contribution in [3.05, 3.63) is 40.6 Å². The number of rotatable bonds is 9. The van der Waals surface area contributed by atoms with E-state index in [2.05, 4.69) is 21.1 Å². The Hall–Kier alpha value is -2.52. The van der Waals surface area contributed by atoms with E-state index in [1.54, 1.807) is 32.0 Å². The Kier molecular flexibility index (Phi) is 8.53. The second-order valence-electron chi connectivity index (χ2n) is 6.26. The minimum absolute atomic E-state index is 0.0228. The predicted octanol–water partition coefficient (Wildman–Crippen LogP) is 3.48. The van der Waals surface area contributed by atoms with Gasteiger partial charge in [-0.25, -0.2) is 0 Å². The number of anilines is 2. The number of amides is 3. The number of nitrogens with one attached hydrogen (secondary N) is 3. The molecule has 1 atom stereocenters. The minimum Gasteiger partial charge on any atom is -0.360 e. The summed E-state index contributed by atoms with van der Waals surface area (Å²) in [5.41, 5.74) is 0.653. The van der Waals surface area contributed by atoms with Crippen LogP contribution in [0, 0.1) is 6.92 Å². The molecule has 0 aliphatic rings. The molecule has 0 radical (unpaired) electrons. The summed E-state index contributed by atoms with van der Waals surface area (Å²) in [6.07, 6.45) is 0.797. The second-order valence-corrected chi connectivity index (χ2v) is 8.02. The maximum absolute atomic E-state index is 12.3. The van der Waals surface area contributed by atoms with Gasteiger partial charge in [-0.3, -0.25) is 14.4 Å². The molecule has 1 heterocycles. The van der Waals surface area contributed by atoms with Gasteiger partial charge in [-0.05, 0) is 38.5 Å². The maximum atomic E-state index is 12.3. The van der Waals surface area contributed by atoms with Gasteiger partial charge in [-0.1, -0.05) is 23.7 Å². The van der Waals surface area contributed by atoms with Crippen LogP contribution in [-0.4, -0.2) is 40.4 Å². The number of benzene rings is 1. The molecule has 0 bridgehead atoms. The average Bonchev–Trinajstić information content (AvgIpc) is 3.08. The molecule has 2 rings (SSSR count). The molecule has 3 amide bonds. The van der Waals surface area contributed by atoms with Gasteiger partial charge in [0, 0.05) is 17.6 Å². The smallest absolute Gasteiger partial charge is 0.253 e. The summed E-state index contributed by atoms with van der Waals surface area (Å²) in [4.78, 5) is 36.8. The van der Waals surface area contributed by atoms with Crippen molar-refractivity contribution >= 4 is 52.6 Å². The fraction of sp³-hybridized carbons (Fsp3) is 0.368. The molecule has 0 aliphatic heterocycles. The van der Waals surface area contributed by atoms with E-state index < -0.39 is 5.25 Å². The zero-order valence-electron chi connectivity index (χ0n) is 16.4. The highest BCUT2D eigenvalue weighted by Crippen LogP contribution is 2.22. The van der Waals surface area contributed by atoms with Crippen LogP contribution < -0.4 is 16.0 Å². The van der Waals surface area contributed by atoms with E-state index in [1.165, 1.54) is 6.07 Å². The fourth-order valence-corrected chi connectivity index (χ4v) is 3.12. The van der Waals surface area contributed by atoms with E-state index >= 15 is 0 Å². The summed E-state index contributed by atoms with van der Waals surface area (Å²) < 4.78 is 4.90. The highest BCUT2D eigenvalue weighted by Gasteiger charge is 2.18. The van der Waals surface area contributed by atoms with Crippen LogP contribution >= 0.6 is 23.4 Å². The Balaban J connectivity index is 1.92. The van der Waals surface area contributed by atoms with Crippen LogP contribution in [0.1, 0.15) is 36.4 Å². The Morgan fingerprint density at radius 2 is 2.00 bits per heavy atom. The third kappa shape index (κ3) is 7.10. The van der Waals surface area contributed by atoms with Gasteiger partial charge in [0.15, 0.2) is 5.82 Å². The molecule has 0 spiro atoms. The highest BCUT2D eigenvalue weighted by atomic mass is 35.5. The molecule has 1 aromatic heterocycles. The van der Waals surface area contributed by atoms with Crippen molar-refractivity contribution in [3.8, 4) is 0 Å². The molecule has 0 aliphatic carbocycles. The molecule has 10 heteroatoms. The first-order valence-corrected chi connectivity index (χ1v) is 10.5. The molecule has 0 fully saturated rings. The summed E-state index contributed by atoms with van der Waals surface area (Å²) >= 11 is 7.16. The zero-order chi connectivity index (χ0) is 21.4. The topological polar surface area (TPSA) is 113 Å². The quantitative estimate of drug-likeness (QED) is 0.552. The molecule has 1 aromatic carbocycles. The number of aryl methyl sites for hydroxylation is 1. The largest absolute Gasteiger partial charge is 0.360 e. The molecular formula is C19H23ClN4O4S. The van der Waals surface area contributed by atoms with Crippen molar-refractivity contribution < 1.29 is 18.9 Å². The van der Waals surface area contributed by atoms with E-state index in [0.717, 1.165) is 18.2 Å². The number of carbonyl (C=O) groups excluding carboxylic acids is 3. The normalized spacial score (nSPS) is 11.6. The van der Waals surface area contributed by atoms with Gasteiger partial charge >= 0.3 is 0 Å². The third-order valence-electron chi connectivity index (χ3n) is 3.75. The minimum atomic E-state index is -0.496. The summed E-state index contributed by atoms with van der Waals surface area (Å²) in [6, 6.07) is 6.27. The number of halogens is 1. The number of thioether (sulfide) groups is 1. The summed E-state index contributed by atoms with van der Waals surface area (Å²) in [5, 5.41) is 11.7. The number of hydrogen-bond acceptors (Lipinski definition) is 6. The van der Waals surface area contributed by atoms with Gasteiger partial charge in [0.2, 0.25) is 11.8 Å². The van der Waals surface area contributed by atoms with Crippen molar-refractivity contribution in [2.24, 2.45) is 0 Å². The monoisotopic (exact) mass is 438 g/mol. The van der Waals surface area contributed by atoms with Crippen LogP contribution in [0.4, 0.5) is 11.5 Å². The highest BCUT2D eigenvalue weighted by molar-refractivity contribution is 8.01. The molecule has 0 saturated carbocycles. The SMILES string of the molecule is CCCNC(=O)c1ccc(Cl)cc1NC(=O)CSC(C)C(=O)Nc1cc(C)on1. The van der Waals surface area contributed by atoms with E-state index in [4.69, 9.17) is 16.1 Å². The number of nitrogens with zero attached hydrogens (tertiary/aromatic N) is 1. The lowest BCUT2D eigenvalue weighted by atomic mass is 10.1. The van der Waals surface area contributed by atoms with Crippen LogP contribution in [0.25, 0.3) is 0 Å². The molecule has 1 unspecified atom stereocenters. The van der Waals surface area contributed by atoms with Crippen molar-refractivity contribution in [2.75, 3.05) is 22.9 Å². The van der Waals surface area contributed by atoms with Gasteiger partial charge in [0.05, 0.1) is 22.3 Å². The Labute approximate surface area is 178 Å². The molecule has 156 valence electrons. The Bertz CT molecular complexity index is 887. The molecule has 3 N–H and O–H groups in total. The Morgan fingerprint density at radius 1 is 1.24 bits per heavy atom. The number of aromatic nitrogens is 1. The lowest BCUT2D eigenvalue weighted by Crippen LogP contribution is -2.27. The Morgan fingerprint density at radius 3 is 2.66 bits per heavy atom. The van der Waals surface area contributed by atoms with E-state index in [1.807, 2.05) is 6.92 Å². The first-order chi connectivity index (χ1) is 13.8. The van der Waals surface area contributed by atoms with Gasteiger partial charge in [0.1, 0.15) is 5.76 Å². The van der Waals surface area contributed by atoms with Crippen LogP contribution in [0.5, 0.6) is 0 Å². The van der Waals surface area contributed by atoms with Crippen molar-refractivity contribution in [3.63, 3.8) is 0 Å². The molecule has 29 heavy (non-hydrogen) atoms. The fourth-order valence-electron chi connectivity index (χ4n) is 2.27. The van der Waals surface area contributed by atoms with E-state index in [-0.39, 0.29) is 23.5 Å². The van der Waals surface area contributed by atoms with Crippen molar-refractivity contribution in [1.82, 2.24) is 10.5 Å². The lowest BCUT2D eigenvalue weighted by Gasteiger charge is -2.13. The van der Waals surface area contributed by atoms with Gasteiger partial charge in [-0.15, -0.1) is 11.8 Å². The van der Waals surface area contributed by atoms with Crippen LogP contribution in [0.2, 0.25) is 5.02 Å². The molecule has 2 aromatic rings. The number of hydrogen-bond donors (Lipinski definition) is 3. The summed E-state index contributed by atoms with van der Waals surface area (Å²) in [7, 11) is 0. The third-order valence-corrected chi connectivity index (χ3v) is 5.13. The van der Waals surface area contributed by atoms with Gasteiger partial charge in [-0.2, -0.15) is 0 Å². The van der Waals surface area contributed by atoms with Gasteiger partial charge in [0.25, 0.3) is 5.91 Å². The van der Waals surface area contributed by atoms with Gasteiger partial charge < -0.3 is 20.5 Å². The summed E-state index contributed by atoms with van der Waals surface area (Å²) in [5.74, 6) is 0.000274. The van der Waals surface area contributed by atoms with Crippen LogP contribution in [-0.2, 0) is 9.59 Å². The number of carbonyl (C=O) groups is 3. The zero-order valence-corrected chi connectivity index (χ0v) is 17.9. The van der Waals surface area contributed by atoms with Crippen LogP contribution in [0.3, 0.4) is 0 Å². The standard InChI is InChI=1S/C19H23ClN4O4S/c1-4-7-21-19(27)14-6-5-13(20)9-15(14)22-17(25)10-29-12(3)18(26)23-16-8-11(2)28-24-16/h5-6,8-9,12H,4,7,10H2,1-3H3,(H,21,27)(H,22,25)(H,23,24,26). The first-order valence-electron chi connectivity index (χ1n) is 9.03. The molecular weight excluding hydrogens is 416 g/mol. The molecule has 0 saturated heterocycles. The molecule has 8 nitrogen and oxygen atoms in total. The van der Waals surface area contributed by atoms with E-state index in [9.17, 15) is 14.4 Å². The maximum Gasteiger partial charge on any atom is 0.253 e. The average molecular weight is 439 g/mol. The second kappa shape index (κ2) is 10.9.